The molecule has 0 amide bonds. The number of fused-ring (bicyclic) bond motifs is 1. The van der Waals surface area contributed by atoms with E-state index < -0.39 is 0 Å². The van der Waals surface area contributed by atoms with Gasteiger partial charge in [-0.15, -0.1) is 0 Å². The van der Waals surface area contributed by atoms with Crippen molar-refractivity contribution >= 4 is 0 Å². The Balaban J connectivity index is 1.56. The molecule has 1 aliphatic carbocycles. The van der Waals surface area contributed by atoms with E-state index in [1.165, 1.54) is 50.8 Å². The van der Waals surface area contributed by atoms with Gasteiger partial charge in [0, 0.05) is 13.1 Å². The minimum absolute atomic E-state index is 0.337. The molecule has 2 nitrogen and oxygen atoms in total. The maximum absolute atomic E-state index is 10.4. The third-order valence-corrected chi connectivity index (χ3v) is 5.27. The predicted molar refractivity (Wildman–Crippen MR) is 82.6 cm³/mol. The molecule has 0 radical (unpaired) electrons. The summed E-state index contributed by atoms with van der Waals surface area (Å²) in [5, 5.41) is 10.4. The third kappa shape index (κ3) is 3.24. The Morgan fingerprint density at radius 1 is 1.10 bits per heavy atom. The summed E-state index contributed by atoms with van der Waals surface area (Å²) in [4.78, 5) is 2.48. The number of rotatable bonds is 3. The molecule has 1 N–H and O–H groups in total. The quantitative estimate of drug-likeness (QED) is 0.910. The Morgan fingerprint density at radius 2 is 1.80 bits per heavy atom. The lowest BCUT2D eigenvalue weighted by molar-refractivity contribution is 0.0460. The van der Waals surface area contributed by atoms with Gasteiger partial charge in [-0.1, -0.05) is 49.1 Å². The van der Waals surface area contributed by atoms with Gasteiger partial charge in [-0.25, -0.2) is 0 Å². The molecular formula is C18H27NO. The van der Waals surface area contributed by atoms with E-state index in [2.05, 4.69) is 36.1 Å². The monoisotopic (exact) mass is 273 g/mol. The number of hydrogen-bond acceptors (Lipinski definition) is 2. The molecule has 0 bridgehead atoms. The highest BCUT2D eigenvalue weighted by Crippen LogP contribution is 2.36. The largest absolute Gasteiger partial charge is 0.387 e. The maximum atomic E-state index is 10.4. The van der Waals surface area contributed by atoms with Crippen molar-refractivity contribution in [2.45, 2.75) is 45.1 Å². The lowest BCUT2D eigenvalue weighted by Crippen LogP contribution is -2.43. The van der Waals surface area contributed by atoms with Crippen LogP contribution in [0.15, 0.2) is 24.3 Å². The molecule has 1 aliphatic heterocycles. The SMILES string of the molecule is Cc1ccc(C(O)CN2CCC3CCCCC3C2)cc1. The zero-order valence-electron chi connectivity index (χ0n) is 12.6. The molecule has 2 heteroatoms. The molecule has 0 aromatic heterocycles. The van der Waals surface area contributed by atoms with Crippen LogP contribution in [-0.4, -0.2) is 29.6 Å². The van der Waals surface area contributed by atoms with Crippen molar-refractivity contribution in [3.05, 3.63) is 35.4 Å². The normalized spacial score (nSPS) is 28.9. The van der Waals surface area contributed by atoms with Gasteiger partial charge in [0.15, 0.2) is 0 Å². The fourth-order valence-corrected chi connectivity index (χ4v) is 3.98. The second-order valence-electron chi connectivity index (χ2n) is 6.78. The number of aliphatic hydroxyl groups excluding tert-OH is 1. The van der Waals surface area contributed by atoms with E-state index in [0.717, 1.165) is 23.9 Å². The summed E-state index contributed by atoms with van der Waals surface area (Å²) >= 11 is 0. The Morgan fingerprint density at radius 3 is 2.55 bits per heavy atom. The molecule has 1 saturated carbocycles. The van der Waals surface area contributed by atoms with Crippen LogP contribution in [0.5, 0.6) is 0 Å². The van der Waals surface area contributed by atoms with Crippen LogP contribution >= 0.6 is 0 Å². The lowest BCUT2D eigenvalue weighted by atomic mass is 9.75. The number of hydrogen-bond donors (Lipinski definition) is 1. The maximum Gasteiger partial charge on any atom is 0.0916 e. The zero-order valence-corrected chi connectivity index (χ0v) is 12.6. The van der Waals surface area contributed by atoms with Gasteiger partial charge in [0.25, 0.3) is 0 Å². The summed E-state index contributed by atoms with van der Waals surface area (Å²) in [6.45, 7) is 5.26. The fourth-order valence-electron chi connectivity index (χ4n) is 3.98. The van der Waals surface area contributed by atoms with Crippen molar-refractivity contribution in [3.8, 4) is 0 Å². The van der Waals surface area contributed by atoms with Gasteiger partial charge in [0.1, 0.15) is 0 Å². The van der Waals surface area contributed by atoms with Crippen LogP contribution in [-0.2, 0) is 0 Å². The Hall–Kier alpha value is -0.860. The molecule has 0 spiro atoms. The van der Waals surface area contributed by atoms with Gasteiger partial charge in [-0.05, 0) is 43.7 Å². The van der Waals surface area contributed by atoms with Crippen LogP contribution in [0.25, 0.3) is 0 Å². The average Bonchev–Trinajstić information content (AvgIpc) is 2.48. The fraction of sp³-hybridized carbons (Fsp3) is 0.667. The summed E-state index contributed by atoms with van der Waals surface area (Å²) < 4.78 is 0. The van der Waals surface area contributed by atoms with Gasteiger partial charge in [0.05, 0.1) is 6.10 Å². The minimum atomic E-state index is -0.337. The summed E-state index contributed by atoms with van der Waals surface area (Å²) in [6.07, 6.45) is 6.70. The van der Waals surface area contributed by atoms with Gasteiger partial charge in [-0.3, -0.25) is 0 Å². The van der Waals surface area contributed by atoms with Gasteiger partial charge >= 0.3 is 0 Å². The average molecular weight is 273 g/mol. The number of benzene rings is 1. The van der Waals surface area contributed by atoms with Crippen molar-refractivity contribution in [2.24, 2.45) is 11.8 Å². The molecule has 20 heavy (non-hydrogen) atoms. The van der Waals surface area contributed by atoms with Crippen molar-refractivity contribution in [1.82, 2.24) is 4.90 Å². The number of aliphatic hydroxyl groups is 1. The van der Waals surface area contributed by atoms with Crippen molar-refractivity contribution in [1.29, 1.82) is 0 Å². The topological polar surface area (TPSA) is 23.5 Å². The number of β-amino-alcohol motifs (C(OH)–C–C–N with tert-alkyl or cyclic N) is 1. The summed E-state index contributed by atoms with van der Waals surface area (Å²) in [7, 11) is 0. The van der Waals surface area contributed by atoms with Gasteiger partial charge in [0.2, 0.25) is 0 Å². The van der Waals surface area contributed by atoms with Crippen LogP contribution in [0, 0.1) is 18.8 Å². The van der Waals surface area contributed by atoms with Crippen molar-refractivity contribution in [3.63, 3.8) is 0 Å². The molecule has 2 fully saturated rings. The summed E-state index contributed by atoms with van der Waals surface area (Å²) in [6, 6.07) is 8.30. The zero-order chi connectivity index (χ0) is 13.9. The van der Waals surface area contributed by atoms with E-state index >= 15 is 0 Å². The highest BCUT2D eigenvalue weighted by Gasteiger charge is 2.31. The van der Waals surface area contributed by atoms with Crippen LogP contribution < -0.4 is 0 Å². The summed E-state index contributed by atoms with van der Waals surface area (Å²) in [5.74, 6) is 1.86. The Bertz CT molecular complexity index is 428. The van der Waals surface area contributed by atoms with Crippen LogP contribution in [0.1, 0.15) is 49.3 Å². The third-order valence-electron chi connectivity index (χ3n) is 5.27. The van der Waals surface area contributed by atoms with Crippen LogP contribution in [0.3, 0.4) is 0 Å². The Kier molecular flexibility index (Phi) is 4.42. The second kappa shape index (κ2) is 6.28. The van der Waals surface area contributed by atoms with Gasteiger partial charge in [-0.2, -0.15) is 0 Å². The van der Waals surface area contributed by atoms with Crippen molar-refractivity contribution in [2.75, 3.05) is 19.6 Å². The number of piperidine rings is 1. The van der Waals surface area contributed by atoms with Crippen LogP contribution in [0.2, 0.25) is 0 Å². The molecular weight excluding hydrogens is 246 g/mol. The van der Waals surface area contributed by atoms with E-state index in [1.54, 1.807) is 0 Å². The van der Waals surface area contributed by atoms with Crippen LogP contribution in [0.4, 0.5) is 0 Å². The molecule has 3 atom stereocenters. The highest BCUT2D eigenvalue weighted by molar-refractivity contribution is 5.23. The number of nitrogens with zero attached hydrogens (tertiary/aromatic N) is 1. The molecule has 1 aromatic carbocycles. The first kappa shape index (κ1) is 14.1. The standard InChI is InChI=1S/C18H27NO/c1-14-6-8-16(9-7-14)18(20)13-19-11-10-15-4-2-3-5-17(15)12-19/h6-9,15,17-18,20H,2-5,10-13H2,1H3. The molecule has 1 aromatic rings. The second-order valence-corrected chi connectivity index (χ2v) is 6.78. The first-order valence-corrected chi connectivity index (χ1v) is 8.19. The number of aryl methyl sites for hydroxylation is 1. The predicted octanol–water partition coefficient (Wildman–Crippen LogP) is 3.54. The smallest absolute Gasteiger partial charge is 0.0916 e. The van der Waals surface area contributed by atoms with E-state index in [1.807, 2.05) is 0 Å². The molecule has 2 aliphatic rings. The molecule has 1 heterocycles. The number of likely N-dealkylation sites (tertiary alicyclic amines) is 1. The highest BCUT2D eigenvalue weighted by atomic mass is 16.3. The van der Waals surface area contributed by atoms with E-state index in [-0.39, 0.29) is 6.10 Å². The molecule has 1 saturated heterocycles. The van der Waals surface area contributed by atoms with Crippen molar-refractivity contribution < 1.29 is 5.11 Å². The lowest BCUT2D eigenvalue weighted by Gasteiger charge is -2.41. The molecule has 110 valence electrons. The first-order chi connectivity index (χ1) is 9.72. The van der Waals surface area contributed by atoms with E-state index in [9.17, 15) is 5.11 Å². The first-order valence-electron chi connectivity index (χ1n) is 8.19. The van der Waals surface area contributed by atoms with Gasteiger partial charge < -0.3 is 10.0 Å². The Labute approximate surface area is 122 Å². The molecule has 3 rings (SSSR count). The minimum Gasteiger partial charge on any atom is -0.387 e. The molecule has 3 unspecified atom stereocenters. The summed E-state index contributed by atoms with van der Waals surface area (Å²) in [5.41, 5.74) is 2.31. The van der Waals surface area contributed by atoms with E-state index in [0.29, 0.717) is 0 Å². The van der Waals surface area contributed by atoms with E-state index in [4.69, 9.17) is 0 Å².